The third kappa shape index (κ3) is 4.11. The number of aromatic hydroxyl groups is 1. The Hall–Kier alpha value is -3.46. The number of fused-ring (bicyclic) bond motifs is 2. The molecule has 12 nitrogen and oxygen atoms in total. The molecule has 0 radical (unpaired) electrons. The Morgan fingerprint density at radius 3 is 2.74 bits per heavy atom. The van der Waals surface area contributed by atoms with Crippen molar-refractivity contribution in [3.63, 3.8) is 0 Å². The van der Waals surface area contributed by atoms with Crippen LogP contribution >= 0.6 is 11.3 Å². The van der Waals surface area contributed by atoms with Crippen molar-refractivity contribution < 1.29 is 27.9 Å². The molecule has 0 spiro atoms. The second kappa shape index (κ2) is 8.09. The molecule has 1 atom stereocenters. The lowest BCUT2D eigenvalue weighted by atomic mass is 10.0. The predicted octanol–water partition coefficient (Wildman–Crippen LogP) is 1.49. The molecule has 0 aliphatic carbocycles. The first-order chi connectivity index (χ1) is 16.1. The highest BCUT2D eigenvalue weighted by atomic mass is 32.2. The number of carbonyl (C=O) groups is 2. The molecule has 0 saturated carbocycles. The van der Waals surface area contributed by atoms with Crippen molar-refractivity contribution >= 4 is 59.8 Å². The Kier molecular flexibility index (Phi) is 5.31. The Morgan fingerprint density at radius 1 is 1.29 bits per heavy atom. The minimum Gasteiger partial charge on any atom is -0.507 e. The third-order valence-corrected chi connectivity index (χ3v) is 7.34. The van der Waals surface area contributed by atoms with E-state index in [9.17, 15) is 23.1 Å². The number of thiazole rings is 1. The average molecular weight is 503 g/mol. The first-order valence-corrected chi connectivity index (χ1v) is 12.4. The van der Waals surface area contributed by atoms with Gasteiger partial charge in [0.05, 0.1) is 39.5 Å². The highest BCUT2D eigenvalue weighted by molar-refractivity contribution is 7.89. The van der Waals surface area contributed by atoms with Gasteiger partial charge in [0.1, 0.15) is 17.5 Å². The van der Waals surface area contributed by atoms with Gasteiger partial charge in [-0.25, -0.2) is 18.5 Å². The Bertz CT molecular complexity index is 1490. The van der Waals surface area contributed by atoms with Crippen molar-refractivity contribution in [2.75, 3.05) is 24.6 Å². The smallest absolute Gasteiger partial charge is 0.252 e. The fraction of sp³-hybridized carbons (Fsp3) is 0.250. The largest absolute Gasteiger partial charge is 0.507 e. The van der Waals surface area contributed by atoms with Crippen molar-refractivity contribution in [3.8, 4) is 5.75 Å². The van der Waals surface area contributed by atoms with E-state index in [0.717, 1.165) is 11.3 Å². The van der Waals surface area contributed by atoms with Crippen molar-refractivity contribution in [2.24, 2.45) is 21.1 Å². The van der Waals surface area contributed by atoms with E-state index >= 15 is 0 Å². The second-order valence-corrected chi connectivity index (χ2v) is 10.4. The number of rotatable bonds is 7. The average Bonchev–Trinajstić information content (AvgIpc) is 3.42. The molecule has 1 aromatic heterocycles. The van der Waals surface area contributed by atoms with Gasteiger partial charge in [0.2, 0.25) is 15.2 Å². The summed E-state index contributed by atoms with van der Waals surface area (Å²) in [6.45, 7) is 0.888. The van der Waals surface area contributed by atoms with Gasteiger partial charge < -0.3 is 20.5 Å². The highest BCUT2D eigenvalue weighted by Gasteiger charge is 2.35. The highest BCUT2D eigenvalue weighted by Crippen LogP contribution is 2.45. The maximum Gasteiger partial charge on any atom is 0.252 e. The molecule has 1 fully saturated rings. The summed E-state index contributed by atoms with van der Waals surface area (Å²) in [5, 5.41) is 24.4. The number of ketones is 1. The van der Waals surface area contributed by atoms with Gasteiger partial charge in [-0.1, -0.05) is 11.3 Å². The number of hydrogen-bond donors (Lipinski definition) is 3. The van der Waals surface area contributed by atoms with Gasteiger partial charge >= 0.3 is 0 Å². The van der Waals surface area contributed by atoms with Gasteiger partial charge in [-0.05, 0) is 30.7 Å². The Morgan fingerprint density at radius 2 is 2.06 bits per heavy atom. The number of azo groups is 1. The van der Waals surface area contributed by atoms with Gasteiger partial charge in [-0.3, -0.25) is 9.59 Å². The fourth-order valence-electron chi connectivity index (χ4n) is 3.81. The summed E-state index contributed by atoms with van der Waals surface area (Å²) >= 11 is 1.10. The molecule has 1 unspecified atom stereocenters. The molecule has 14 heteroatoms. The molecular weight excluding hydrogens is 484 g/mol. The molecule has 34 heavy (non-hydrogen) atoms. The van der Waals surface area contributed by atoms with Crippen molar-refractivity contribution in [3.05, 3.63) is 35.4 Å². The number of carbonyl (C=O) groups excluding carboxylic acids is 2. The molecule has 3 aromatic rings. The van der Waals surface area contributed by atoms with Crippen LogP contribution in [0.1, 0.15) is 15.9 Å². The minimum absolute atomic E-state index is 0.0467. The summed E-state index contributed by atoms with van der Waals surface area (Å²) in [6, 6.07) is 5.59. The van der Waals surface area contributed by atoms with E-state index in [1.807, 2.05) is 0 Å². The number of phenols is 1. The van der Waals surface area contributed by atoms with Gasteiger partial charge in [0, 0.05) is 12.1 Å². The number of amides is 1. The van der Waals surface area contributed by atoms with Crippen LogP contribution in [0.3, 0.4) is 0 Å². The lowest BCUT2D eigenvalue weighted by Gasteiger charge is -2.20. The van der Waals surface area contributed by atoms with Gasteiger partial charge in [0.15, 0.2) is 5.78 Å². The molecule has 2 aliphatic rings. The molecule has 176 valence electrons. The van der Waals surface area contributed by atoms with Crippen LogP contribution in [0.4, 0.5) is 16.5 Å². The standard InChI is InChI=1S/C20H18N6O6S2/c21-19(29)11-6-13(17-10(18(11)28)3-4-26(17)7-14(27)15-8-32-15)24-25-20-23-12-2-1-9(34(22,30)31)5-16(12)33-20/h1-2,5-6,15,28H,3-4,7-8H2,(H2,21,29)(H2,22,30,31). The van der Waals surface area contributed by atoms with E-state index in [0.29, 0.717) is 41.0 Å². The first kappa shape index (κ1) is 22.3. The number of primary amides is 1. The lowest BCUT2D eigenvalue weighted by Crippen LogP contribution is -2.30. The van der Waals surface area contributed by atoms with Gasteiger partial charge in [-0.15, -0.1) is 10.2 Å². The number of epoxide rings is 1. The molecule has 2 aromatic carbocycles. The van der Waals surface area contributed by atoms with E-state index in [2.05, 4.69) is 15.2 Å². The first-order valence-electron chi connectivity index (χ1n) is 10.0. The second-order valence-electron chi connectivity index (χ2n) is 7.81. The monoisotopic (exact) mass is 502 g/mol. The van der Waals surface area contributed by atoms with Crippen LogP contribution in [0.5, 0.6) is 5.75 Å². The summed E-state index contributed by atoms with van der Waals surface area (Å²) in [5.74, 6) is -1.16. The van der Waals surface area contributed by atoms with Gasteiger partial charge in [-0.2, -0.15) is 0 Å². The number of ether oxygens (including phenoxy) is 1. The summed E-state index contributed by atoms with van der Waals surface area (Å²) in [4.78, 5) is 30.2. The molecule has 1 amide bonds. The normalized spacial score (nSPS) is 17.4. The number of nitrogens with zero attached hydrogens (tertiary/aromatic N) is 4. The van der Waals surface area contributed by atoms with Crippen LogP contribution in [0.25, 0.3) is 10.2 Å². The minimum atomic E-state index is -3.87. The zero-order valence-corrected chi connectivity index (χ0v) is 19.1. The van der Waals surface area contributed by atoms with E-state index < -0.39 is 22.0 Å². The number of sulfonamides is 1. The SMILES string of the molecule is NC(=O)c1cc(N=Nc2nc3ccc(S(N)(=O)=O)cc3s2)c2c(c1O)CCN2CC(=O)C1CO1. The molecule has 5 N–H and O–H groups in total. The van der Waals surface area contributed by atoms with Crippen LogP contribution in [0, 0.1) is 0 Å². The van der Waals surface area contributed by atoms with Crippen LogP contribution < -0.4 is 15.8 Å². The quantitative estimate of drug-likeness (QED) is 0.319. The predicted molar refractivity (Wildman–Crippen MR) is 122 cm³/mol. The number of Topliss-reactive ketones (excluding diaryl/α,β-unsaturated/α-hetero) is 1. The third-order valence-electron chi connectivity index (χ3n) is 5.52. The lowest BCUT2D eigenvalue weighted by molar-refractivity contribution is -0.118. The molecule has 0 bridgehead atoms. The van der Waals surface area contributed by atoms with Crippen LogP contribution in [-0.2, 0) is 26.0 Å². The number of aromatic nitrogens is 1. The summed E-state index contributed by atoms with van der Waals surface area (Å²) in [6.07, 6.45) is -0.0289. The summed E-state index contributed by atoms with van der Waals surface area (Å²) in [7, 11) is -3.87. The number of primary sulfonamides is 1. The van der Waals surface area contributed by atoms with Crippen LogP contribution in [0.2, 0.25) is 0 Å². The zero-order valence-electron chi connectivity index (χ0n) is 17.5. The van der Waals surface area contributed by atoms with E-state index in [4.69, 9.17) is 15.6 Å². The number of benzene rings is 2. The molecule has 1 saturated heterocycles. The number of anilines is 1. The Labute approximate surface area is 196 Å². The van der Waals surface area contributed by atoms with E-state index in [1.54, 1.807) is 4.90 Å². The summed E-state index contributed by atoms with van der Waals surface area (Å²) in [5.41, 5.74) is 7.01. The van der Waals surface area contributed by atoms with Crippen molar-refractivity contribution in [1.29, 1.82) is 0 Å². The van der Waals surface area contributed by atoms with E-state index in [1.165, 1.54) is 24.3 Å². The van der Waals surface area contributed by atoms with Crippen molar-refractivity contribution in [1.82, 2.24) is 4.98 Å². The maximum atomic E-state index is 12.3. The Balaban J connectivity index is 1.54. The maximum absolute atomic E-state index is 12.3. The molecular formula is C20H18N6O6S2. The van der Waals surface area contributed by atoms with E-state index in [-0.39, 0.29) is 39.4 Å². The molecule has 2 aliphatic heterocycles. The topological polar surface area (TPSA) is 194 Å². The zero-order chi connectivity index (χ0) is 24.2. The van der Waals surface area contributed by atoms with Crippen molar-refractivity contribution in [2.45, 2.75) is 17.4 Å². The fourth-order valence-corrected chi connectivity index (χ4v) is 5.25. The van der Waals surface area contributed by atoms with Crippen LogP contribution in [-0.4, -0.2) is 56.0 Å². The molecule has 5 rings (SSSR count). The molecule has 3 heterocycles. The number of hydrogen-bond acceptors (Lipinski definition) is 11. The summed E-state index contributed by atoms with van der Waals surface area (Å²) < 4.78 is 28.8. The number of nitrogens with two attached hydrogens (primary N) is 2. The van der Waals surface area contributed by atoms with Crippen LogP contribution in [0.15, 0.2) is 39.4 Å². The van der Waals surface area contributed by atoms with Gasteiger partial charge in [0.25, 0.3) is 5.91 Å².